The Bertz CT molecular complexity index is 574. The molecule has 1 amide bonds. The van der Waals surface area contributed by atoms with Crippen molar-refractivity contribution >= 4 is 15.7 Å². The highest BCUT2D eigenvalue weighted by Crippen LogP contribution is 2.21. The molecule has 2 heterocycles. The topological polar surface area (TPSA) is 76.6 Å². The molecule has 2 rings (SSSR count). The Morgan fingerprint density at radius 3 is 2.71 bits per heavy atom. The molecular formula is C14H20N2O4S. The van der Waals surface area contributed by atoms with Crippen molar-refractivity contribution < 1.29 is 17.9 Å². The van der Waals surface area contributed by atoms with Crippen LogP contribution in [0.1, 0.15) is 12.0 Å². The van der Waals surface area contributed by atoms with Gasteiger partial charge in [-0.1, -0.05) is 0 Å². The second-order valence-electron chi connectivity index (χ2n) is 5.21. The number of methoxy groups -OCH3 is 1. The summed E-state index contributed by atoms with van der Waals surface area (Å²) >= 11 is 0. The zero-order chi connectivity index (χ0) is 15.3. The van der Waals surface area contributed by atoms with E-state index in [1.165, 1.54) is 0 Å². The van der Waals surface area contributed by atoms with Crippen molar-refractivity contribution in [2.24, 2.45) is 5.92 Å². The molecule has 1 aromatic rings. The van der Waals surface area contributed by atoms with Crippen LogP contribution in [0.3, 0.4) is 0 Å². The quantitative estimate of drug-likeness (QED) is 0.764. The predicted molar refractivity (Wildman–Crippen MR) is 78.3 cm³/mol. The summed E-state index contributed by atoms with van der Waals surface area (Å²) in [6.07, 6.45) is 3.77. The van der Waals surface area contributed by atoms with Gasteiger partial charge in [0.05, 0.1) is 24.0 Å². The first-order valence-corrected chi connectivity index (χ1v) is 8.71. The number of carbonyl (C=O) groups excluding carboxylic acids is 1. The van der Waals surface area contributed by atoms with Crippen molar-refractivity contribution in [3.63, 3.8) is 0 Å². The van der Waals surface area contributed by atoms with Gasteiger partial charge in [-0.15, -0.1) is 0 Å². The Kier molecular flexibility index (Phi) is 5.30. The van der Waals surface area contributed by atoms with Crippen molar-refractivity contribution in [2.45, 2.75) is 13.0 Å². The normalized spacial score (nSPS) is 20.3. The fourth-order valence-corrected chi connectivity index (χ4v) is 4.16. The smallest absolute Gasteiger partial charge is 0.227 e. The van der Waals surface area contributed by atoms with Crippen LogP contribution in [0.25, 0.3) is 0 Å². The number of ether oxygens (including phenoxy) is 1. The minimum Gasteiger partial charge on any atom is -0.383 e. The van der Waals surface area contributed by atoms with Gasteiger partial charge in [0.25, 0.3) is 0 Å². The molecule has 7 heteroatoms. The number of aromatic nitrogens is 1. The molecule has 1 unspecified atom stereocenters. The zero-order valence-electron chi connectivity index (χ0n) is 12.1. The summed E-state index contributed by atoms with van der Waals surface area (Å²) in [6.45, 7) is 1.33. The van der Waals surface area contributed by atoms with Gasteiger partial charge >= 0.3 is 0 Å². The molecule has 116 valence electrons. The molecule has 0 aliphatic carbocycles. The van der Waals surface area contributed by atoms with Gasteiger partial charge in [-0.3, -0.25) is 9.78 Å². The van der Waals surface area contributed by atoms with Crippen LogP contribution >= 0.6 is 0 Å². The standard InChI is InChI=1S/C14H20N2O4S/c1-20-8-7-16(10-12-2-5-15-6-3-12)14(17)13-4-9-21(18,19)11-13/h2-3,5-6,13H,4,7-11H2,1H3. The molecule has 1 saturated heterocycles. The Labute approximate surface area is 125 Å². The Morgan fingerprint density at radius 2 is 2.14 bits per heavy atom. The number of carbonyl (C=O) groups is 1. The first-order valence-electron chi connectivity index (χ1n) is 6.89. The zero-order valence-corrected chi connectivity index (χ0v) is 12.9. The molecule has 1 aliphatic rings. The maximum atomic E-state index is 12.5. The third kappa shape index (κ3) is 4.50. The van der Waals surface area contributed by atoms with Crippen LogP contribution in [-0.4, -0.2) is 56.0 Å². The van der Waals surface area contributed by atoms with Crippen LogP contribution in [0.2, 0.25) is 0 Å². The van der Waals surface area contributed by atoms with Crippen LogP contribution < -0.4 is 0 Å². The van der Waals surface area contributed by atoms with Gasteiger partial charge in [-0.25, -0.2) is 8.42 Å². The Hall–Kier alpha value is -1.47. The molecule has 1 aliphatic heterocycles. The number of nitrogens with zero attached hydrogens (tertiary/aromatic N) is 2. The van der Waals surface area contributed by atoms with E-state index in [2.05, 4.69) is 4.98 Å². The van der Waals surface area contributed by atoms with E-state index in [9.17, 15) is 13.2 Å². The molecule has 1 aromatic heterocycles. The molecule has 0 radical (unpaired) electrons. The number of amides is 1. The largest absolute Gasteiger partial charge is 0.383 e. The van der Waals surface area contributed by atoms with E-state index in [1.807, 2.05) is 12.1 Å². The third-order valence-electron chi connectivity index (χ3n) is 3.58. The molecule has 0 spiro atoms. The maximum Gasteiger partial charge on any atom is 0.227 e. The van der Waals surface area contributed by atoms with Gasteiger partial charge in [0.1, 0.15) is 0 Å². The minimum absolute atomic E-state index is 0.0361. The predicted octanol–water partition coefficient (Wildman–Crippen LogP) is 0.491. The molecule has 0 aromatic carbocycles. The van der Waals surface area contributed by atoms with Crippen LogP contribution in [0.5, 0.6) is 0 Å². The molecule has 6 nitrogen and oxygen atoms in total. The lowest BCUT2D eigenvalue weighted by atomic mass is 10.1. The van der Waals surface area contributed by atoms with Gasteiger partial charge in [-0.05, 0) is 24.1 Å². The molecule has 0 N–H and O–H groups in total. The van der Waals surface area contributed by atoms with Gasteiger partial charge in [0, 0.05) is 32.6 Å². The summed E-state index contributed by atoms with van der Waals surface area (Å²) in [5.41, 5.74) is 0.968. The average Bonchev–Trinajstić information content (AvgIpc) is 2.84. The summed E-state index contributed by atoms with van der Waals surface area (Å²) in [5.74, 6) is -0.457. The number of sulfone groups is 1. The molecule has 1 atom stereocenters. The highest BCUT2D eigenvalue weighted by atomic mass is 32.2. The van der Waals surface area contributed by atoms with E-state index in [0.29, 0.717) is 26.1 Å². The number of hydrogen-bond acceptors (Lipinski definition) is 5. The lowest BCUT2D eigenvalue weighted by Gasteiger charge is -2.25. The number of rotatable bonds is 6. The van der Waals surface area contributed by atoms with Gasteiger partial charge in [-0.2, -0.15) is 0 Å². The van der Waals surface area contributed by atoms with Crippen LogP contribution in [0.15, 0.2) is 24.5 Å². The van der Waals surface area contributed by atoms with Crippen molar-refractivity contribution in [1.82, 2.24) is 9.88 Å². The van der Waals surface area contributed by atoms with Crippen molar-refractivity contribution in [1.29, 1.82) is 0 Å². The van der Waals surface area contributed by atoms with Crippen molar-refractivity contribution in [3.05, 3.63) is 30.1 Å². The molecule has 0 bridgehead atoms. The SMILES string of the molecule is COCCN(Cc1ccncc1)C(=O)C1CCS(=O)(=O)C1. The Balaban J connectivity index is 2.06. The van der Waals surface area contributed by atoms with Crippen LogP contribution in [-0.2, 0) is 25.9 Å². The fraction of sp³-hybridized carbons (Fsp3) is 0.571. The number of hydrogen-bond donors (Lipinski definition) is 0. The fourth-order valence-electron chi connectivity index (χ4n) is 2.43. The van der Waals surface area contributed by atoms with Gasteiger partial charge < -0.3 is 9.64 Å². The van der Waals surface area contributed by atoms with E-state index in [1.54, 1.807) is 24.4 Å². The maximum absolute atomic E-state index is 12.5. The van der Waals surface area contributed by atoms with Crippen LogP contribution in [0.4, 0.5) is 0 Å². The first-order chi connectivity index (χ1) is 10.0. The average molecular weight is 312 g/mol. The van der Waals surface area contributed by atoms with E-state index < -0.39 is 15.8 Å². The van der Waals surface area contributed by atoms with Crippen LogP contribution in [0, 0.1) is 5.92 Å². The second-order valence-corrected chi connectivity index (χ2v) is 7.44. The lowest BCUT2D eigenvalue weighted by Crippen LogP contribution is -2.38. The first kappa shape index (κ1) is 15.9. The second kappa shape index (κ2) is 7.00. The van der Waals surface area contributed by atoms with E-state index in [-0.39, 0.29) is 17.4 Å². The van der Waals surface area contributed by atoms with Crippen molar-refractivity contribution in [3.8, 4) is 0 Å². The summed E-state index contributed by atoms with van der Waals surface area (Å²) in [6, 6.07) is 3.69. The monoisotopic (exact) mass is 312 g/mol. The number of pyridine rings is 1. The molecule has 21 heavy (non-hydrogen) atoms. The molecule has 1 fully saturated rings. The summed E-state index contributed by atoms with van der Waals surface area (Å²) in [4.78, 5) is 18.2. The summed E-state index contributed by atoms with van der Waals surface area (Å²) < 4.78 is 28.1. The Morgan fingerprint density at radius 1 is 1.43 bits per heavy atom. The van der Waals surface area contributed by atoms with E-state index in [4.69, 9.17) is 4.74 Å². The molecular weight excluding hydrogens is 292 g/mol. The third-order valence-corrected chi connectivity index (χ3v) is 5.35. The van der Waals surface area contributed by atoms with Gasteiger partial charge in [0.2, 0.25) is 5.91 Å². The summed E-state index contributed by atoms with van der Waals surface area (Å²) in [7, 11) is -1.48. The highest BCUT2D eigenvalue weighted by molar-refractivity contribution is 7.91. The minimum atomic E-state index is -3.06. The van der Waals surface area contributed by atoms with Gasteiger partial charge in [0.15, 0.2) is 9.84 Å². The lowest BCUT2D eigenvalue weighted by molar-refractivity contribution is -0.136. The van der Waals surface area contributed by atoms with E-state index >= 15 is 0 Å². The van der Waals surface area contributed by atoms with E-state index in [0.717, 1.165) is 5.56 Å². The summed E-state index contributed by atoms with van der Waals surface area (Å²) in [5, 5.41) is 0. The molecule has 0 saturated carbocycles. The highest BCUT2D eigenvalue weighted by Gasteiger charge is 2.35. The van der Waals surface area contributed by atoms with Crippen molar-refractivity contribution in [2.75, 3.05) is 31.8 Å².